The molecule has 0 spiro atoms. The van der Waals surface area contributed by atoms with Crippen LogP contribution >= 0.6 is 0 Å². The Balaban J connectivity index is 2.15. The Morgan fingerprint density at radius 2 is 2.00 bits per heavy atom. The van der Waals surface area contributed by atoms with Crippen LogP contribution in [0.5, 0.6) is 0 Å². The molecule has 1 aliphatic carbocycles. The second-order valence-corrected chi connectivity index (χ2v) is 3.92. The van der Waals surface area contributed by atoms with Gasteiger partial charge in [0.2, 0.25) is 0 Å². The molecule has 0 saturated carbocycles. The highest BCUT2D eigenvalue weighted by atomic mass is 16.4. The van der Waals surface area contributed by atoms with Crippen molar-refractivity contribution < 1.29 is 9.90 Å². The van der Waals surface area contributed by atoms with Gasteiger partial charge in [0, 0.05) is 5.57 Å². The van der Waals surface area contributed by atoms with E-state index in [9.17, 15) is 4.79 Å². The van der Waals surface area contributed by atoms with Gasteiger partial charge in [-0.2, -0.15) is 0 Å². The number of carbonyl (C=O) groups is 1. The third kappa shape index (κ3) is 2.27. The highest BCUT2D eigenvalue weighted by molar-refractivity contribution is 5.86. The summed E-state index contributed by atoms with van der Waals surface area (Å²) in [4.78, 5) is 10.9. The second kappa shape index (κ2) is 4.30. The average Bonchev–Trinajstić information content (AvgIpc) is 2.30. The molecule has 0 radical (unpaired) electrons. The van der Waals surface area contributed by atoms with Gasteiger partial charge in [0.05, 0.1) is 0 Å². The first kappa shape index (κ1) is 9.97. The number of carboxylic acids is 1. The van der Waals surface area contributed by atoms with E-state index >= 15 is 0 Å². The summed E-state index contributed by atoms with van der Waals surface area (Å²) in [6.07, 6.45) is 4.45. The molecule has 1 atom stereocenters. The molecule has 78 valence electrons. The van der Waals surface area contributed by atoms with Crippen molar-refractivity contribution in [2.75, 3.05) is 0 Å². The lowest BCUT2D eigenvalue weighted by molar-refractivity contribution is -0.132. The third-order valence-electron chi connectivity index (χ3n) is 2.92. The predicted octanol–water partition coefficient (Wildman–Crippen LogP) is 2.97. The molecule has 1 aromatic rings. The summed E-state index contributed by atoms with van der Waals surface area (Å²) in [5.41, 5.74) is 1.82. The highest BCUT2D eigenvalue weighted by Gasteiger charge is 2.20. The first-order chi connectivity index (χ1) is 7.27. The van der Waals surface area contributed by atoms with Crippen LogP contribution in [0.2, 0.25) is 0 Å². The van der Waals surface area contributed by atoms with E-state index in [1.807, 2.05) is 24.3 Å². The fraction of sp³-hybridized carbons (Fsp3) is 0.308. The van der Waals surface area contributed by atoms with Crippen LogP contribution in [0.25, 0.3) is 0 Å². The maximum Gasteiger partial charge on any atom is 0.331 e. The first-order valence-corrected chi connectivity index (χ1v) is 5.24. The number of hydrogen-bond acceptors (Lipinski definition) is 1. The predicted molar refractivity (Wildman–Crippen MR) is 58.8 cm³/mol. The van der Waals surface area contributed by atoms with Crippen LogP contribution in [0.4, 0.5) is 0 Å². The molecule has 1 N–H and O–H groups in total. The fourth-order valence-corrected chi connectivity index (χ4v) is 2.09. The zero-order valence-corrected chi connectivity index (χ0v) is 8.52. The Labute approximate surface area is 89.2 Å². The molecule has 0 aromatic heterocycles. The molecule has 0 saturated heterocycles. The van der Waals surface area contributed by atoms with Gasteiger partial charge in [-0.1, -0.05) is 36.4 Å². The molecule has 0 aliphatic heterocycles. The minimum atomic E-state index is -0.768. The van der Waals surface area contributed by atoms with Gasteiger partial charge < -0.3 is 5.11 Å². The molecule has 0 fully saturated rings. The van der Waals surface area contributed by atoms with Crippen LogP contribution in [0.1, 0.15) is 30.7 Å². The van der Waals surface area contributed by atoms with Crippen molar-refractivity contribution >= 4 is 5.97 Å². The fourth-order valence-electron chi connectivity index (χ4n) is 2.09. The molecule has 2 rings (SSSR count). The van der Waals surface area contributed by atoms with E-state index in [1.54, 1.807) is 0 Å². The molecule has 2 heteroatoms. The Morgan fingerprint density at radius 3 is 2.67 bits per heavy atom. The maximum absolute atomic E-state index is 10.9. The first-order valence-electron chi connectivity index (χ1n) is 5.24. The van der Waals surface area contributed by atoms with Crippen molar-refractivity contribution in [1.29, 1.82) is 0 Å². The molecule has 2 nitrogen and oxygen atoms in total. The zero-order chi connectivity index (χ0) is 10.7. The van der Waals surface area contributed by atoms with Gasteiger partial charge in [0.15, 0.2) is 0 Å². The minimum Gasteiger partial charge on any atom is -0.478 e. The van der Waals surface area contributed by atoms with Crippen molar-refractivity contribution in [2.45, 2.75) is 25.2 Å². The van der Waals surface area contributed by atoms with Crippen LogP contribution in [0.15, 0.2) is 42.0 Å². The van der Waals surface area contributed by atoms with E-state index in [1.165, 1.54) is 5.56 Å². The van der Waals surface area contributed by atoms with Crippen LogP contribution in [-0.4, -0.2) is 11.1 Å². The Kier molecular flexibility index (Phi) is 2.86. The van der Waals surface area contributed by atoms with Crippen LogP contribution in [-0.2, 0) is 4.79 Å². The summed E-state index contributed by atoms with van der Waals surface area (Å²) in [6.45, 7) is 0. The molecule has 0 bridgehead atoms. The number of allylic oxidation sites excluding steroid dienone is 1. The summed E-state index contributed by atoms with van der Waals surface area (Å²) in [6, 6.07) is 10.2. The van der Waals surface area contributed by atoms with Gasteiger partial charge in [-0.15, -0.1) is 0 Å². The molecule has 15 heavy (non-hydrogen) atoms. The van der Waals surface area contributed by atoms with Crippen molar-refractivity contribution in [3.8, 4) is 0 Å². The largest absolute Gasteiger partial charge is 0.478 e. The van der Waals surface area contributed by atoms with Gasteiger partial charge in [-0.25, -0.2) is 4.79 Å². The zero-order valence-electron chi connectivity index (χ0n) is 8.52. The van der Waals surface area contributed by atoms with Crippen LogP contribution < -0.4 is 0 Å². The summed E-state index contributed by atoms with van der Waals surface area (Å²) in [5, 5.41) is 8.93. The lowest BCUT2D eigenvalue weighted by atomic mass is 9.84. The van der Waals surface area contributed by atoms with Gasteiger partial charge >= 0.3 is 5.97 Å². The molecule has 1 unspecified atom stereocenters. The Morgan fingerprint density at radius 1 is 1.27 bits per heavy atom. The summed E-state index contributed by atoms with van der Waals surface area (Å²) >= 11 is 0. The van der Waals surface area contributed by atoms with E-state index in [0.717, 1.165) is 12.8 Å². The quantitative estimate of drug-likeness (QED) is 0.800. The molecule has 1 aromatic carbocycles. The van der Waals surface area contributed by atoms with Gasteiger partial charge in [-0.05, 0) is 30.7 Å². The lowest BCUT2D eigenvalue weighted by Crippen LogP contribution is -2.11. The maximum atomic E-state index is 10.9. The second-order valence-electron chi connectivity index (χ2n) is 3.92. The van der Waals surface area contributed by atoms with E-state index < -0.39 is 5.97 Å². The van der Waals surface area contributed by atoms with Gasteiger partial charge in [0.1, 0.15) is 0 Å². The van der Waals surface area contributed by atoms with E-state index in [2.05, 4.69) is 12.1 Å². The van der Waals surface area contributed by atoms with E-state index in [-0.39, 0.29) is 0 Å². The molecular formula is C13H14O2. The number of hydrogen-bond donors (Lipinski definition) is 1. The smallest absolute Gasteiger partial charge is 0.331 e. The van der Waals surface area contributed by atoms with Crippen molar-refractivity contribution in [1.82, 2.24) is 0 Å². The van der Waals surface area contributed by atoms with Crippen molar-refractivity contribution in [3.63, 3.8) is 0 Å². The van der Waals surface area contributed by atoms with Gasteiger partial charge in [0.25, 0.3) is 0 Å². The molecule has 1 aliphatic rings. The monoisotopic (exact) mass is 202 g/mol. The third-order valence-corrected chi connectivity index (χ3v) is 2.92. The van der Waals surface area contributed by atoms with E-state index in [4.69, 9.17) is 5.11 Å². The van der Waals surface area contributed by atoms with Crippen molar-refractivity contribution in [3.05, 3.63) is 47.5 Å². The average molecular weight is 202 g/mol. The molecule has 0 amide bonds. The number of rotatable bonds is 2. The standard InChI is InChI=1S/C13H14O2/c14-13(15)12-8-4-7-11(9-12)10-5-2-1-3-6-10/h1-3,5-6,8,11H,4,7,9H2,(H,14,15). The topological polar surface area (TPSA) is 37.3 Å². The summed E-state index contributed by atoms with van der Waals surface area (Å²) < 4.78 is 0. The summed E-state index contributed by atoms with van der Waals surface area (Å²) in [5.74, 6) is -0.391. The van der Waals surface area contributed by atoms with Crippen LogP contribution in [0.3, 0.4) is 0 Å². The minimum absolute atomic E-state index is 0.377. The lowest BCUT2D eigenvalue weighted by Gasteiger charge is -2.21. The normalized spacial score (nSPS) is 20.8. The highest BCUT2D eigenvalue weighted by Crippen LogP contribution is 2.32. The summed E-state index contributed by atoms with van der Waals surface area (Å²) in [7, 11) is 0. The van der Waals surface area contributed by atoms with Crippen molar-refractivity contribution in [2.24, 2.45) is 0 Å². The Bertz CT molecular complexity index is 379. The molecule has 0 heterocycles. The van der Waals surface area contributed by atoms with E-state index in [0.29, 0.717) is 17.9 Å². The number of benzene rings is 1. The molecular weight excluding hydrogens is 188 g/mol. The number of aliphatic carboxylic acids is 1. The number of carboxylic acid groups (broad SMARTS) is 1. The van der Waals surface area contributed by atoms with Crippen LogP contribution in [0, 0.1) is 0 Å². The Hall–Kier alpha value is -1.57. The van der Waals surface area contributed by atoms with Gasteiger partial charge in [-0.3, -0.25) is 0 Å². The SMILES string of the molecule is O=C(O)C1=CCCC(c2ccccc2)C1.